The van der Waals surface area contributed by atoms with Gasteiger partial charge in [-0.05, 0) is 18.2 Å². The van der Waals surface area contributed by atoms with Crippen molar-refractivity contribution in [2.45, 2.75) is 0 Å². The van der Waals surface area contributed by atoms with Gasteiger partial charge in [-0.3, -0.25) is 5.41 Å². The van der Waals surface area contributed by atoms with E-state index in [1.54, 1.807) is 17.0 Å². The second kappa shape index (κ2) is 6.14. The largest absolute Gasteiger partial charge is 0.510 e. The summed E-state index contributed by atoms with van der Waals surface area (Å²) in [5.74, 6) is -0.181. The van der Waals surface area contributed by atoms with Crippen molar-refractivity contribution < 1.29 is 9.50 Å². The van der Waals surface area contributed by atoms with E-state index in [4.69, 9.17) is 5.41 Å². The lowest BCUT2D eigenvalue weighted by atomic mass is 10.2. The number of amidine groups is 1. The van der Waals surface area contributed by atoms with Gasteiger partial charge in [0.15, 0.2) is 0 Å². The average molecular weight is 351 g/mol. The van der Waals surface area contributed by atoms with Crippen molar-refractivity contribution in [1.29, 1.82) is 5.41 Å². The lowest BCUT2D eigenvalue weighted by Crippen LogP contribution is -2.26. The summed E-state index contributed by atoms with van der Waals surface area (Å²) in [6.07, 6.45) is 0. The van der Waals surface area contributed by atoms with Gasteiger partial charge in [-0.2, -0.15) is 0 Å². The fourth-order valence-electron chi connectivity index (χ4n) is 2.80. The summed E-state index contributed by atoms with van der Waals surface area (Å²) in [6.45, 7) is 0.137. The number of thiazole rings is 1. The molecule has 0 aliphatic carbocycles. The highest BCUT2D eigenvalue weighted by Crippen LogP contribution is 2.34. The van der Waals surface area contributed by atoms with E-state index in [-0.39, 0.29) is 24.0 Å². The second-order valence-electron chi connectivity index (χ2n) is 5.64. The summed E-state index contributed by atoms with van der Waals surface area (Å²) in [5, 5.41) is 21.3. The van der Waals surface area contributed by atoms with Gasteiger partial charge in [0.1, 0.15) is 22.4 Å². The third-order valence-electron chi connectivity index (χ3n) is 4.01. The van der Waals surface area contributed by atoms with Crippen LogP contribution in [0.25, 0.3) is 16.8 Å². The molecule has 1 aliphatic heterocycles. The van der Waals surface area contributed by atoms with Gasteiger partial charge < -0.3 is 10.0 Å². The first-order valence-electron chi connectivity index (χ1n) is 7.69. The molecule has 25 heavy (non-hydrogen) atoms. The van der Waals surface area contributed by atoms with Crippen LogP contribution in [0.4, 0.5) is 10.1 Å². The molecule has 2 heterocycles. The molecule has 0 unspecified atom stereocenters. The predicted octanol–water partition coefficient (Wildman–Crippen LogP) is 4.72. The minimum absolute atomic E-state index is 0.0724. The maximum Gasteiger partial charge on any atom is 0.139 e. The zero-order valence-corrected chi connectivity index (χ0v) is 13.9. The van der Waals surface area contributed by atoms with Gasteiger partial charge in [0.2, 0.25) is 0 Å². The summed E-state index contributed by atoms with van der Waals surface area (Å²) in [7, 11) is 0. The number of halogens is 1. The zero-order valence-electron chi connectivity index (χ0n) is 13.1. The van der Waals surface area contributed by atoms with Crippen LogP contribution in [0.1, 0.15) is 5.01 Å². The Balaban J connectivity index is 1.66. The summed E-state index contributed by atoms with van der Waals surface area (Å²) in [5.41, 5.74) is 2.72. The van der Waals surface area contributed by atoms with Crippen molar-refractivity contribution in [2.75, 3.05) is 11.4 Å². The van der Waals surface area contributed by atoms with Crippen molar-refractivity contribution in [3.05, 3.63) is 76.6 Å². The number of benzene rings is 2. The maximum absolute atomic E-state index is 13.5. The quantitative estimate of drug-likeness (QED) is 0.718. The second-order valence-corrected chi connectivity index (χ2v) is 6.50. The van der Waals surface area contributed by atoms with Crippen LogP contribution < -0.4 is 4.90 Å². The number of hydrogen-bond acceptors (Lipinski definition) is 4. The molecule has 0 saturated carbocycles. The number of rotatable bonds is 3. The first kappa shape index (κ1) is 15.5. The Morgan fingerprint density at radius 1 is 1.12 bits per heavy atom. The van der Waals surface area contributed by atoms with Crippen molar-refractivity contribution in [1.82, 2.24) is 4.98 Å². The minimum Gasteiger partial charge on any atom is -0.510 e. The SMILES string of the molecule is N=C1C(c2nc(-c3ccccc3)cs2)=C(O)CN1c1cccc(F)c1. The van der Waals surface area contributed by atoms with Crippen LogP contribution in [0.3, 0.4) is 0 Å². The first-order chi connectivity index (χ1) is 12.1. The smallest absolute Gasteiger partial charge is 0.139 e. The Kier molecular flexibility index (Phi) is 3.82. The lowest BCUT2D eigenvalue weighted by molar-refractivity contribution is 0.411. The summed E-state index contributed by atoms with van der Waals surface area (Å²) in [6, 6.07) is 15.7. The van der Waals surface area contributed by atoms with Crippen LogP contribution in [0.2, 0.25) is 0 Å². The number of nitrogens with one attached hydrogen (secondary N) is 1. The molecule has 0 atom stereocenters. The third kappa shape index (κ3) is 2.81. The van der Waals surface area contributed by atoms with E-state index in [1.165, 1.54) is 23.5 Å². The third-order valence-corrected chi connectivity index (χ3v) is 4.87. The molecule has 1 aliphatic rings. The summed E-state index contributed by atoms with van der Waals surface area (Å²) >= 11 is 1.38. The fraction of sp³-hybridized carbons (Fsp3) is 0.0526. The number of hydrogen-bond donors (Lipinski definition) is 2. The van der Waals surface area contributed by atoms with Gasteiger partial charge in [-0.15, -0.1) is 11.3 Å². The molecule has 4 rings (SSSR count). The van der Waals surface area contributed by atoms with E-state index < -0.39 is 0 Å². The zero-order chi connectivity index (χ0) is 17.4. The molecule has 1 aromatic heterocycles. The van der Waals surface area contributed by atoms with Crippen molar-refractivity contribution in [2.24, 2.45) is 0 Å². The number of aliphatic hydroxyl groups is 1. The van der Waals surface area contributed by atoms with Crippen molar-refractivity contribution in [3.8, 4) is 11.3 Å². The van der Waals surface area contributed by atoms with E-state index in [1.807, 2.05) is 35.7 Å². The minimum atomic E-state index is -0.376. The Labute approximate surface area is 148 Å². The molecular formula is C19H14FN3OS. The van der Waals surface area contributed by atoms with E-state index >= 15 is 0 Å². The molecule has 0 radical (unpaired) electrons. The molecule has 3 aromatic rings. The van der Waals surface area contributed by atoms with Gasteiger partial charge in [0.05, 0.1) is 17.8 Å². The number of aliphatic hydroxyl groups excluding tert-OH is 1. The van der Waals surface area contributed by atoms with Crippen LogP contribution in [-0.2, 0) is 0 Å². The van der Waals surface area contributed by atoms with E-state index in [2.05, 4.69) is 4.98 Å². The number of anilines is 1. The Hall–Kier alpha value is -2.99. The lowest BCUT2D eigenvalue weighted by Gasteiger charge is -2.18. The first-order valence-corrected chi connectivity index (χ1v) is 8.57. The fourth-order valence-corrected chi connectivity index (χ4v) is 3.69. The number of aromatic nitrogens is 1. The van der Waals surface area contributed by atoms with Crippen LogP contribution in [0.15, 0.2) is 65.7 Å². The van der Waals surface area contributed by atoms with Crippen LogP contribution in [-0.4, -0.2) is 22.5 Å². The summed E-state index contributed by atoms with van der Waals surface area (Å²) < 4.78 is 13.5. The molecule has 0 fully saturated rings. The average Bonchev–Trinajstić information content (AvgIpc) is 3.20. The molecule has 0 amide bonds. The van der Waals surface area contributed by atoms with E-state index in [0.717, 1.165) is 11.3 Å². The maximum atomic E-state index is 13.5. The molecule has 0 bridgehead atoms. The number of nitrogens with zero attached hydrogens (tertiary/aromatic N) is 2. The highest BCUT2D eigenvalue weighted by atomic mass is 32.1. The molecule has 2 N–H and O–H groups in total. The molecule has 2 aromatic carbocycles. The van der Waals surface area contributed by atoms with E-state index in [0.29, 0.717) is 16.3 Å². The Bertz CT molecular complexity index is 981. The Morgan fingerprint density at radius 2 is 1.92 bits per heavy atom. The van der Waals surface area contributed by atoms with Gasteiger partial charge in [-0.25, -0.2) is 9.37 Å². The predicted molar refractivity (Wildman–Crippen MR) is 98.6 cm³/mol. The Morgan fingerprint density at radius 3 is 2.68 bits per heavy atom. The van der Waals surface area contributed by atoms with Crippen LogP contribution in [0.5, 0.6) is 0 Å². The van der Waals surface area contributed by atoms with Gasteiger partial charge in [-0.1, -0.05) is 36.4 Å². The van der Waals surface area contributed by atoms with Crippen LogP contribution in [0, 0.1) is 11.2 Å². The van der Waals surface area contributed by atoms with Crippen molar-refractivity contribution in [3.63, 3.8) is 0 Å². The molecular weight excluding hydrogens is 337 g/mol. The molecule has 0 spiro atoms. The standard InChI is InChI=1S/C19H14FN3OS/c20-13-7-4-8-14(9-13)23-10-16(24)17(18(23)21)19-22-15(11-25-19)12-5-2-1-3-6-12/h1-9,11,21,24H,10H2. The van der Waals surface area contributed by atoms with Crippen LogP contribution >= 0.6 is 11.3 Å². The van der Waals surface area contributed by atoms with Gasteiger partial charge in [0, 0.05) is 16.6 Å². The molecule has 0 saturated heterocycles. The highest BCUT2D eigenvalue weighted by Gasteiger charge is 2.31. The molecule has 4 nitrogen and oxygen atoms in total. The summed E-state index contributed by atoms with van der Waals surface area (Å²) in [4.78, 5) is 6.13. The normalized spacial score (nSPS) is 14.4. The highest BCUT2D eigenvalue weighted by molar-refractivity contribution is 7.11. The van der Waals surface area contributed by atoms with Gasteiger partial charge >= 0.3 is 0 Å². The van der Waals surface area contributed by atoms with E-state index in [9.17, 15) is 9.50 Å². The topological polar surface area (TPSA) is 60.2 Å². The van der Waals surface area contributed by atoms with Gasteiger partial charge in [0.25, 0.3) is 0 Å². The molecule has 124 valence electrons. The van der Waals surface area contributed by atoms with Crippen molar-refractivity contribution >= 4 is 28.4 Å². The monoisotopic (exact) mass is 351 g/mol. The molecule has 6 heteroatoms.